The summed E-state index contributed by atoms with van der Waals surface area (Å²) in [5.74, 6) is 0.253. The first-order valence-corrected chi connectivity index (χ1v) is 7.78. The molecule has 3 rings (SSSR count). The zero-order valence-electron chi connectivity index (χ0n) is 10.9. The lowest BCUT2D eigenvalue weighted by Crippen LogP contribution is -2.27. The fraction of sp³-hybridized carbons (Fsp3) is 0.643. The third-order valence-electron chi connectivity index (χ3n) is 3.93. The first-order chi connectivity index (χ1) is 8.79. The van der Waals surface area contributed by atoms with Gasteiger partial charge in [0.2, 0.25) is 0 Å². The van der Waals surface area contributed by atoms with Gasteiger partial charge < -0.3 is 9.80 Å². The van der Waals surface area contributed by atoms with Crippen molar-refractivity contribution in [1.29, 1.82) is 0 Å². The van der Waals surface area contributed by atoms with Crippen molar-refractivity contribution in [2.75, 3.05) is 31.1 Å². The number of nitrogens with zero attached hydrogens (tertiary/aromatic N) is 2. The maximum absolute atomic E-state index is 12.4. The quantitative estimate of drug-likeness (QED) is 0.820. The van der Waals surface area contributed by atoms with Crippen molar-refractivity contribution < 1.29 is 4.79 Å². The van der Waals surface area contributed by atoms with Crippen LogP contribution in [-0.2, 0) is 6.42 Å². The Morgan fingerprint density at radius 3 is 2.78 bits per heavy atom. The van der Waals surface area contributed by atoms with Crippen LogP contribution in [0, 0.1) is 0 Å². The van der Waals surface area contributed by atoms with Crippen molar-refractivity contribution in [2.45, 2.75) is 32.6 Å². The number of fused-ring (bicyclic) bond motifs is 1. The molecule has 2 aliphatic heterocycles. The Kier molecular flexibility index (Phi) is 3.29. The Hall–Kier alpha value is -1.03. The van der Waals surface area contributed by atoms with E-state index in [-0.39, 0.29) is 5.91 Å². The van der Waals surface area contributed by atoms with Gasteiger partial charge in [-0.3, -0.25) is 4.79 Å². The molecule has 1 saturated heterocycles. The molecule has 0 aromatic carbocycles. The Balaban J connectivity index is 1.85. The van der Waals surface area contributed by atoms with Crippen LogP contribution in [0.1, 0.15) is 41.4 Å². The van der Waals surface area contributed by atoms with Gasteiger partial charge in [-0.15, -0.1) is 11.3 Å². The molecule has 4 heteroatoms. The number of aryl methyl sites for hydroxylation is 1. The molecule has 3 heterocycles. The molecule has 0 unspecified atom stereocenters. The Morgan fingerprint density at radius 1 is 1.28 bits per heavy atom. The SMILES string of the molecule is CCN1CCCc2cc(C(=O)N3CCCC3)sc21. The van der Waals surface area contributed by atoms with Crippen molar-refractivity contribution in [3.8, 4) is 0 Å². The maximum Gasteiger partial charge on any atom is 0.264 e. The van der Waals surface area contributed by atoms with Crippen LogP contribution in [0.2, 0.25) is 0 Å². The van der Waals surface area contributed by atoms with Gasteiger partial charge in [0.15, 0.2) is 0 Å². The van der Waals surface area contributed by atoms with Crippen LogP contribution in [0.25, 0.3) is 0 Å². The number of likely N-dealkylation sites (tertiary alicyclic amines) is 1. The number of carbonyl (C=O) groups is 1. The third kappa shape index (κ3) is 2.03. The van der Waals surface area contributed by atoms with Crippen LogP contribution < -0.4 is 4.90 Å². The van der Waals surface area contributed by atoms with Gasteiger partial charge in [-0.05, 0) is 44.2 Å². The zero-order chi connectivity index (χ0) is 12.5. The Labute approximate surface area is 112 Å². The highest BCUT2D eigenvalue weighted by atomic mass is 32.1. The molecule has 0 bridgehead atoms. The molecule has 18 heavy (non-hydrogen) atoms. The summed E-state index contributed by atoms with van der Waals surface area (Å²) in [4.78, 5) is 17.7. The van der Waals surface area contributed by atoms with Crippen molar-refractivity contribution >= 4 is 22.2 Å². The van der Waals surface area contributed by atoms with E-state index in [0.29, 0.717) is 0 Å². The van der Waals surface area contributed by atoms with Crippen LogP contribution in [0.3, 0.4) is 0 Å². The minimum absolute atomic E-state index is 0.253. The summed E-state index contributed by atoms with van der Waals surface area (Å²) in [6.07, 6.45) is 4.68. The van der Waals surface area contributed by atoms with Crippen molar-refractivity contribution in [3.63, 3.8) is 0 Å². The highest BCUT2D eigenvalue weighted by Gasteiger charge is 2.25. The second-order valence-corrected chi connectivity index (χ2v) is 6.15. The third-order valence-corrected chi connectivity index (χ3v) is 5.16. The summed E-state index contributed by atoms with van der Waals surface area (Å²) in [6, 6.07) is 2.14. The van der Waals surface area contributed by atoms with E-state index in [2.05, 4.69) is 17.9 Å². The first kappa shape index (κ1) is 12.0. The maximum atomic E-state index is 12.4. The molecular formula is C14H20N2OS. The molecule has 1 fully saturated rings. The van der Waals surface area contributed by atoms with Crippen LogP contribution in [0.5, 0.6) is 0 Å². The van der Waals surface area contributed by atoms with Crippen LogP contribution in [0.15, 0.2) is 6.07 Å². The predicted molar refractivity (Wildman–Crippen MR) is 75.7 cm³/mol. The van der Waals surface area contributed by atoms with Gasteiger partial charge in [0.1, 0.15) is 0 Å². The van der Waals surface area contributed by atoms with Crippen LogP contribution in [-0.4, -0.2) is 37.0 Å². The zero-order valence-corrected chi connectivity index (χ0v) is 11.8. The number of amides is 1. The molecular weight excluding hydrogens is 244 g/mol. The van der Waals surface area contributed by atoms with E-state index in [1.165, 1.54) is 17.0 Å². The number of carbonyl (C=O) groups excluding carboxylic acids is 1. The van der Waals surface area contributed by atoms with Gasteiger partial charge in [0, 0.05) is 26.2 Å². The lowest BCUT2D eigenvalue weighted by Gasteiger charge is -2.26. The summed E-state index contributed by atoms with van der Waals surface area (Å²) in [5, 5.41) is 1.34. The Bertz CT molecular complexity index is 449. The molecule has 0 N–H and O–H groups in total. The lowest BCUT2D eigenvalue weighted by atomic mass is 10.1. The van der Waals surface area contributed by atoms with Gasteiger partial charge in [-0.25, -0.2) is 0 Å². The Morgan fingerprint density at radius 2 is 2.06 bits per heavy atom. The number of hydrogen-bond donors (Lipinski definition) is 0. The second-order valence-electron chi connectivity index (χ2n) is 5.12. The van der Waals surface area contributed by atoms with E-state index in [9.17, 15) is 4.79 Å². The fourth-order valence-electron chi connectivity index (χ4n) is 2.91. The lowest BCUT2D eigenvalue weighted by molar-refractivity contribution is 0.0797. The van der Waals surface area contributed by atoms with Crippen molar-refractivity contribution in [3.05, 3.63) is 16.5 Å². The van der Waals surface area contributed by atoms with E-state index in [0.717, 1.165) is 50.3 Å². The smallest absolute Gasteiger partial charge is 0.264 e. The number of hydrogen-bond acceptors (Lipinski definition) is 3. The highest BCUT2D eigenvalue weighted by Crippen LogP contribution is 2.36. The number of rotatable bonds is 2. The largest absolute Gasteiger partial charge is 0.363 e. The average Bonchev–Trinajstić information content (AvgIpc) is 3.05. The van der Waals surface area contributed by atoms with Gasteiger partial charge in [-0.2, -0.15) is 0 Å². The minimum Gasteiger partial charge on any atom is -0.363 e. The van der Waals surface area contributed by atoms with Crippen LogP contribution in [0.4, 0.5) is 5.00 Å². The number of anilines is 1. The molecule has 98 valence electrons. The standard InChI is InChI=1S/C14H20N2OS/c1-2-15-9-5-6-11-10-12(18-14(11)15)13(17)16-7-3-4-8-16/h10H,2-9H2,1H3. The first-order valence-electron chi connectivity index (χ1n) is 6.96. The molecule has 0 spiro atoms. The second kappa shape index (κ2) is 4.92. The summed E-state index contributed by atoms with van der Waals surface area (Å²) in [5.41, 5.74) is 1.38. The van der Waals surface area contributed by atoms with Gasteiger partial charge in [-0.1, -0.05) is 0 Å². The van der Waals surface area contributed by atoms with Crippen LogP contribution >= 0.6 is 11.3 Å². The minimum atomic E-state index is 0.253. The van der Waals surface area contributed by atoms with E-state index in [4.69, 9.17) is 0 Å². The van der Waals surface area contributed by atoms with E-state index < -0.39 is 0 Å². The topological polar surface area (TPSA) is 23.6 Å². The van der Waals surface area contributed by atoms with E-state index >= 15 is 0 Å². The summed E-state index contributed by atoms with van der Waals surface area (Å²) in [7, 11) is 0. The summed E-state index contributed by atoms with van der Waals surface area (Å²) < 4.78 is 0. The summed E-state index contributed by atoms with van der Waals surface area (Å²) >= 11 is 1.70. The molecule has 1 aromatic rings. The van der Waals surface area contributed by atoms with Crippen molar-refractivity contribution in [1.82, 2.24) is 4.90 Å². The normalized spacial score (nSPS) is 19.2. The van der Waals surface area contributed by atoms with Gasteiger partial charge in [0.25, 0.3) is 5.91 Å². The molecule has 0 aliphatic carbocycles. The highest BCUT2D eigenvalue weighted by molar-refractivity contribution is 7.18. The molecule has 0 atom stereocenters. The average molecular weight is 264 g/mol. The summed E-state index contributed by atoms with van der Waals surface area (Å²) in [6.45, 7) is 6.26. The molecule has 2 aliphatic rings. The van der Waals surface area contributed by atoms with Crippen molar-refractivity contribution in [2.24, 2.45) is 0 Å². The molecule has 0 saturated carbocycles. The van der Waals surface area contributed by atoms with E-state index in [1.807, 2.05) is 4.90 Å². The monoisotopic (exact) mass is 264 g/mol. The van der Waals surface area contributed by atoms with Gasteiger partial charge in [0.05, 0.1) is 9.88 Å². The van der Waals surface area contributed by atoms with E-state index in [1.54, 1.807) is 11.3 Å². The molecule has 3 nitrogen and oxygen atoms in total. The fourth-order valence-corrected chi connectivity index (χ4v) is 4.18. The molecule has 1 aromatic heterocycles. The molecule has 1 amide bonds. The molecule has 0 radical (unpaired) electrons. The van der Waals surface area contributed by atoms with Gasteiger partial charge >= 0.3 is 0 Å². The predicted octanol–water partition coefficient (Wildman–Crippen LogP) is 2.76. The number of thiophene rings is 1.